The third-order valence-corrected chi connectivity index (χ3v) is 6.28. The Morgan fingerprint density at radius 2 is 1.59 bits per heavy atom. The molecule has 1 saturated heterocycles. The molecule has 2 aliphatic rings. The molecule has 2 heterocycles. The zero-order valence-corrected chi connectivity index (χ0v) is 18.6. The van der Waals surface area contributed by atoms with Gasteiger partial charge in [-0.2, -0.15) is 0 Å². The van der Waals surface area contributed by atoms with Gasteiger partial charge in [0.05, 0.1) is 19.8 Å². The molecule has 0 aromatic heterocycles. The topological polar surface area (TPSA) is 32.1 Å². The van der Waals surface area contributed by atoms with Gasteiger partial charge in [0.2, 0.25) is 0 Å². The van der Waals surface area contributed by atoms with Gasteiger partial charge >= 0.3 is 0 Å². The molecule has 164 valence electrons. The van der Waals surface area contributed by atoms with E-state index in [1.54, 1.807) is 4.90 Å². The minimum atomic E-state index is 0.165. The molecule has 0 radical (unpaired) electrons. The first kappa shape index (κ1) is 20.8. The predicted molar refractivity (Wildman–Crippen MR) is 126 cm³/mol. The van der Waals surface area contributed by atoms with E-state index < -0.39 is 0 Å². The third kappa shape index (κ3) is 4.29. The highest BCUT2D eigenvalue weighted by Crippen LogP contribution is 2.45. The number of hydrogen-bond acceptors (Lipinski definition) is 3. The molecule has 1 unspecified atom stereocenters. The minimum absolute atomic E-state index is 0.165. The van der Waals surface area contributed by atoms with Crippen molar-refractivity contribution in [2.45, 2.75) is 12.8 Å². The molecular weight excluding hydrogens is 398 g/mol. The van der Waals surface area contributed by atoms with E-state index >= 15 is 0 Å². The van der Waals surface area contributed by atoms with E-state index in [1.807, 2.05) is 19.1 Å². The fraction of sp³-hybridized carbons (Fsp3) is 0.286. The van der Waals surface area contributed by atoms with E-state index in [1.165, 1.54) is 16.7 Å². The van der Waals surface area contributed by atoms with Gasteiger partial charge < -0.3 is 19.1 Å². The van der Waals surface area contributed by atoms with Crippen molar-refractivity contribution in [3.63, 3.8) is 0 Å². The van der Waals surface area contributed by atoms with Gasteiger partial charge in [-0.15, -0.1) is 0 Å². The largest absolute Gasteiger partial charge is 0.494 e. The Kier molecular flexibility index (Phi) is 6.24. The number of fused-ring (bicyclic) bond motifs is 1. The number of hydrogen-bond donors (Lipinski definition) is 1. The number of ether oxygens (including phenoxy) is 3. The normalized spacial score (nSPS) is 18.7. The van der Waals surface area contributed by atoms with Crippen LogP contribution < -0.4 is 14.4 Å². The van der Waals surface area contributed by atoms with Crippen molar-refractivity contribution in [2.75, 3.05) is 39.5 Å². The van der Waals surface area contributed by atoms with Gasteiger partial charge in [0, 0.05) is 22.6 Å². The maximum Gasteiger partial charge on any atom is 0.140 e. The summed E-state index contributed by atoms with van der Waals surface area (Å²) in [5.41, 5.74) is 4.95. The fourth-order valence-electron chi connectivity index (χ4n) is 4.73. The second-order valence-corrected chi connectivity index (χ2v) is 8.33. The average Bonchev–Trinajstić information content (AvgIpc) is 2.85. The van der Waals surface area contributed by atoms with Gasteiger partial charge in [0.25, 0.3) is 0 Å². The smallest absolute Gasteiger partial charge is 0.140 e. The van der Waals surface area contributed by atoms with Crippen LogP contribution in [0.5, 0.6) is 11.5 Å². The lowest BCUT2D eigenvalue weighted by Gasteiger charge is -2.34. The maximum atomic E-state index is 6.62. The van der Waals surface area contributed by atoms with E-state index in [9.17, 15) is 0 Å². The van der Waals surface area contributed by atoms with Crippen molar-refractivity contribution in [2.24, 2.45) is 0 Å². The lowest BCUT2D eigenvalue weighted by atomic mass is 9.81. The van der Waals surface area contributed by atoms with Crippen molar-refractivity contribution in [1.29, 1.82) is 0 Å². The van der Waals surface area contributed by atoms with Crippen LogP contribution in [0, 0.1) is 0 Å². The van der Waals surface area contributed by atoms with Crippen molar-refractivity contribution < 1.29 is 19.1 Å². The lowest BCUT2D eigenvalue weighted by Crippen LogP contribution is -3.14. The van der Waals surface area contributed by atoms with Crippen LogP contribution in [0.3, 0.4) is 0 Å². The van der Waals surface area contributed by atoms with Gasteiger partial charge in [-0.25, -0.2) is 0 Å². The predicted octanol–water partition coefficient (Wildman–Crippen LogP) is 3.94. The maximum absolute atomic E-state index is 6.62. The van der Waals surface area contributed by atoms with E-state index in [0.29, 0.717) is 6.61 Å². The molecule has 3 aromatic rings. The number of nitrogens with one attached hydrogen (secondary N) is 1. The molecule has 4 heteroatoms. The number of benzene rings is 3. The second kappa shape index (κ2) is 9.60. The highest BCUT2D eigenvalue weighted by Gasteiger charge is 2.34. The van der Waals surface area contributed by atoms with Gasteiger partial charge in [0.15, 0.2) is 0 Å². The van der Waals surface area contributed by atoms with E-state index in [0.717, 1.165) is 55.7 Å². The van der Waals surface area contributed by atoms with Gasteiger partial charge in [-0.3, -0.25) is 0 Å². The fourth-order valence-corrected chi connectivity index (χ4v) is 4.73. The highest BCUT2D eigenvalue weighted by molar-refractivity contribution is 5.72. The number of para-hydroxylation sites is 1. The first-order chi connectivity index (χ1) is 15.8. The highest BCUT2D eigenvalue weighted by atomic mass is 16.5. The van der Waals surface area contributed by atoms with Crippen LogP contribution in [0.4, 0.5) is 0 Å². The van der Waals surface area contributed by atoms with E-state index in [-0.39, 0.29) is 5.92 Å². The van der Waals surface area contributed by atoms with Crippen LogP contribution in [-0.2, 0) is 4.74 Å². The molecule has 0 saturated carbocycles. The second-order valence-electron chi connectivity index (χ2n) is 8.33. The van der Waals surface area contributed by atoms with Crippen LogP contribution >= 0.6 is 0 Å². The molecule has 1 N–H and O–H groups in total. The average molecular weight is 429 g/mol. The molecule has 4 nitrogen and oxygen atoms in total. The van der Waals surface area contributed by atoms with Crippen LogP contribution in [0.15, 0.2) is 84.4 Å². The summed E-state index contributed by atoms with van der Waals surface area (Å²) in [6.45, 7) is 7.26. The summed E-state index contributed by atoms with van der Waals surface area (Å²) in [5.74, 6) is 2.96. The molecule has 1 fully saturated rings. The Hall–Kier alpha value is -3.08. The summed E-state index contributed by atoms with van der Waals surface area (Å²) in [5, 5.41) is 0. The first-order valence-corrected chi connectivity index (χ1v) is 11.5. The van der Waals surface area contributed by atoms with Crippen LogP contribution in [0.25, 0.3) is 5.76 Å². The van der Waals surface area contributed by atoms with Crippen LogP contribution in [-0.4, -0.2) is 39.5 Å². The number of morpholine rings is 1. The van der Waals surface area contributed by atoms with Gasteiger partial charge in [0.1, 0.15) is 36.9 Å². The molecular formula is C28H30NO3+. The SMILES string of the molecule is CCOc1ccc(C2=C(C[NH+]3CCOCC3)C(c3ccccc3)c3ccccc3O2)cc1. The first-order valence-electron chi connectivity index (χ1n) is 11.5. The standard InChI is InChI=1S/C28H29NO3/c1-2-31-23-14-12-22(13-15-23)28-25(20-29-16-18-30-19-17-29)27(21-8-4-3-5-9-21)24-10-6-7-11-26(24)32-28/h3-15,27H,2,16-20H2,1H3/p+1. The molecule has 0 spiro atoms. The van der Waals surface area contributed by atoms with E-state index in [2.05, 4.69) is 66.7 Å². The van der Waals surface area contributed by atoms with Crippen molar-refractivity contribution >= 4 is 5.76 Å². The quantitative estimate of drug-likeness (QED) is 0.646. The lowest BCUT2D eigenvalue weighted by molar-refractivity contribution is -0.903. The summed E-state index contributed by atoms with van der Waals surface area (Å²) in [4.78, 5) is 1.54. The molecule has 3 aromatic carbocycles. The van der Waals surface area contributed by atoms with Crippen molar-refractivity contribution in [1.82, 2.24) is 0 Å². The van der Waals surface area contributed by atoms with Crippen LogP contribution in [0.2, 0.25) is 0 Å². The van der Waals surface area contributed by atoms with Crippen LogP contribution in [0.1, 0.15) is 29.5 Å². The summed E-state index contributed by atoms with van der Waals surface area (Å²) in [6, 6.07) is 27.6. The molecule has 0 aliphatic carbocycles. The minimum Gasteiger partial charge on any atom is -0.494 e. The Morgan fingerprint density at radius 3 is 2.34 bits per heavy atom. The molecule has 5 rings (SSSR count). The Balaban J connectivity index is 1.64. The van der Waals surface area contributed by atoms with E-state index in [4.69, 9.17) is 14.2 Å². The van der Waals surface area contributed by atoms with Crippen molar-refractivity contribution in [3.8, 4) is 11.5 Å². The van der Waals surface area contributed by atoms with Crippen molar-refractivity contribution in [3.05, 3.63) is 101 Å². The zero-order valence-electron chi connectivity index (χ0n) is 18.6. The molecule has 1 atom stereocenters. The Bertz CT molecular complexity index is 1070. The molecule has 32 heavy (non-hydrogen) atoms. The summed E-state index contributed by atoms with van der Waals surface area (Å²) < 4.78 is 17.9. The number of quaternary nitrogens is 1. The van der Waals surface area contributed by atoms with Gasteiger partial charge in [-0.05, 0) is 42.8 Å². The monoisotopic (exact) mass is 428 g/mol. The molecule has 0 amide bonds. The Morgan fingerprint density at radius 1 is 0.875 bits per heavy atom. The third-order valence-electron chi connectivity index (χ3n) is 6.28. The molecule has 2 aliphatic heterocycles. The summed E-state index contributed by atoms with van der Waals surface area (Å²) >= 11 is 0. The zero-order chi connectivity index (χ0) is 21.8. The molecule has 0 bridgehead atoms. The number of rotatable bonds is 6. The Labute approximate surface area is 190 Å². The van der Waals surface area contributed by atoms with Gasteiger partial charge in [-0.1, -0.05) is 48.5 Å². The summed E-state index contributed by atoms with van der Waals surface area (Å²) in [7, 11) is 0. The summed E-state index contributed by atoms with van der Waals surface area (Å²) in [6.07, 6.45) is 0.